The van der Waals surface area contributed by atoms with Crippen LogP contribution in [0.1, 0.15) is 30.4 Å². The van der Waals surface area contributed by atoms with Gasteiger partial charge in [-0.15, -0.1) is 0 Å². The minimum atomic E-state index is -0.149. The van der Waals surface area contributed by atoms with E-state index in [1.807, 2.05) is 30.1 Å². The second-order valence-electron chi connectivity index (χ2n) is 6.43. The first kappa shape index (κ1) is 15.2. The summed E-state index contributed by atoms with van der Waals surface area (Å²) in [6.45, 7) is 3.35. The lowest BCUT2D eigenvalue weighted by atomic mass is 9.91. The molecule has 1 aliphatic rings. The molecule has 1 aliphatic heterocycles. The molecular formula is C18H24FN3. The van der Waals surface area contributed by atoms with Crippen molar-refractivity contribution in [2.24, 2.45) is 13.0 Å². The van der Waals surface area contributed by atoms with Crippen molar-refractivity contribution in [3.05, 3.63) is 53.6 Å². The van der Waals surface area contributed by atoms with Gasteiger partial charge in [0.2, 0.25) is 0 Å². The van der Waals surface area contributed by atoms with Gasteiger partial charge in [0.25, 0.3) is 0 Å². The van der Waals surface area contributed by atoms with Crippen molar-refractivity contribution in [2.75, 3.05) is 13.1 Å². The van der Waals surface area contributed by atoms with Crippen molar-refractivity contribution in [1.29, 1.82) is 0 Å². The average Bonchev–Trinajstić information content (AvgIpc) is 2.92. The van der Waals surface area contributed by atoms with Crippen LogP contribution >= 0.6 is 0 Å². The zero-order valence-corrected chi connectivity index (χ0v) is 13.2. The summed E-state index contributed by atoms with van der Waals surface area (Å²) in [5, 5.41) is 4.24. The Hall–Kier alpha value is -1.68. The summed E-state index contributed by atoms with van der Waals surface area (Å²) in [6, 6.07) is 6.94. The molecule has 0 bridgehead atoms. The number of benzene rings is 1. The summed E-state index contributed by atoms with van der Waals surface area (Å²) in [4.78, 5) is 2.54. The fourth-order valence-corrected chi connectivity index (χ4v) is 3.36. The maximum absolute atomic E-state index is 12.9. The Labute approximate surface area is 131 Å². The van der Waals surface area contributed by atoms with E-state index in [1.165, 1.54) is 36.9 Å². The molecule has 0 N–H and O–H groups in total. The summed E-state index contributed by atoms with van der Waals surface area (Å²) < 4.78 is 14.8. The van der Waals surface area contributed by atoms with Crippen LogP contribution in [0.3, 0.4) is 0 Å². The second kappa shape index (κ2) is 7.05. The number of rotatable bonds is 5. The zero-order valence-electron chi connectivity index (χ0n) is 13.2. The number of aryl methyl sites for hydroxylation is 2. The van der Waals surface area contributed by atoms with Crippen LogP contribution in [0.4, 0.5) is 4.39 Å². The number of hydrogen-bond donors (Lipinski definition) is 0. The van der Waals surface area contributed by atoms with Gasteiger partial charge in [0.05, 0.1) is 6.20 Å². The molecule has 1 aromatic heterocycles. The average molecular weight is 301 g/mol. The van der Waals surface area contributed by atoms with Crippen LogP contribution in [0.5, 0.6) is 0 Å². The van der Waals surface area contributed by atoms with E-state index in [0.717, 1.165) is 25.4 Å². The van der Waals surface area contributed by atoms with Gasteiger partial charge in [-0.25, -0.2) is 4.39 Å². The van der Waals surface area contributed by atoms with Crippen LogP contribution in [-0.4, -0.2) is 27.8 Å². The van der Waals surface area contributed by atoms with Crippen LogP contribution in [0.25, 0.3) is 0 Å². The van der Waals surface area contributed by atoms with Crippen molar-refractivity contribution in [3.63, 3.8) is 0 Å². The monoisotopic (exact) mass is 301 g/mol. The number of aromatic nitrogens is 2. The van der Waals surface area contributed by atoms with Crippen LogP contribution in [0.15, 0.2) is 36.7 Å². The highest BCUT2D eigenvalue weighted by atomic mass is 19.1. The smallest absolute Gasteiger partial charge is 0.123 e. The van der Waals surface area contributed by atoms with E-state index in [9.17, 15) is 4.39 Å². The Morgan fingerprint density at radius 1 is 1.23 bits per heavy atom. The highest BCUT2D eigenvalue weighted by Crippen LogP contribution is 2.23. The van der Waals surface area contributed by atoms with Gasteiger partial charge in [-0.05, 0) is 55.8 Å². The molecule has 1 atom stereocenters. The molecule has 3 nitrogen and oxygen atoms in total. The van der Waals surface area contributed by atoms with Crippen LogP contribution in [0.2, 0.25) is 0 Å². The third kappa shape index (κ3) is 4.17. The van der Waals surface area contributed by atoms with Crippen molar-refractivity contribution < 1.29 is 4.39 Å². The minimum absolute atomic E-state index is 0.149. The Morgan fingerprint density at radius 3 is 2.77 bits per heavy atom. The molecule has 2 aromatic rings. The van der Waals surface area contributed by atoms with Gasteiger partial charge in [0.15, 0.2) is 0 Å². The predicted octanol–water partition coefficient (Wildman–Crippen LogP) is 3.40. The highest BCUT2D eigenvalue weighted by Gasteiger charge is 2.20. The van der Waals surface area contributed by atoms with Gasteiger partial charge in [-0.3, -0.25) is 9.58 Å². The first-order chi connectivity index (χ1) is 10.7. The standard InChI is InChI=1S/C18H24FN3/c1-21-12-17(11-20-21)14-22-10-2-3-16(13-22)5-4-15-6-8-18(19)9-7-15/h6-9,11-12,16H,2-5,10,13-14H2,1H3. The molecule has 22 heavy (non-hydrogen) atoms. The van der Waals surface area contributed by atoms with Crippen LogP contribution in [-0.2, 0) is 20.0 Å². The number of likely N-dealkylation sites (tertiary alicyclic amines) is 1. The molecular weight excluding hydrogens is 277 g/mol. The number of hydrogen-bond acceptors (Lipinski definition) is 2. The zero-order chi connectivity index (χ0) is 15.4. The molecule has 0 spiro atoms. The molecule has 4 heteroatoms. The maximum Gasteiger partial charge on any atom is 0.123 e. The third-order valence-corrected chi connectivity index (χ3v) is 4.52. The lowest BCUT2D eigenvalue weighted by Crippen LogP contribution is -2.35. The van der Waals surface area contributed by atoms with Crippen molar-refractivity contribution in [1.82, 2.24) is 14.7 Å². The van der Waals surface area contributed by atoms with Crippen molar-refractivity contribution in [3.8, 4) is 0 Å². The maximum atomic E-state index is 12.9. The largest absolute Gasteiger partial charge is 0.299 e. The molecule has 118 valence electrons. The predicted molar refractivity (Wildman–Crippen MR) is 85.9 cm³/mol. The van der Waals surface area contributed by atoms with E-state index in [2.05, 4.69) is 16.2 Å². The molecule has 1 aromatic carbocycles. The van der Waals surface area contributed by atoms with E-state index in [0.29, 0.717) is 0 Å². The van der Waals surface area contributed by atoms with E-state index in [1.54, 1.807) is 12.1 Å². The first-order valence-electron chi connectivity index (χ1n) is 8.13. The number of nitrogens with zero attached hydrogens (tertiary/aromatic N) is 3. The molecule has 0 aliphatic carbocycles. The van der Waals surface area contributed by atoms with Gasteiger partial charge in [0, 0.05) is 31.9 Å². The second-order valence-corrected chi connectivity index (χ2v) is 6.43. The minimum Gasteiger partial charge on any atom is -0.299 e. The van der Waals surface area contributed by atoms with E-state index >= 15 is 0 Å². The molecule has 2 heterocycles. The van der Waals surface area contributed by atoms with Gasteiger partial charge < -0.3 is 0 Å². The molecule has 3 rings (SSSR count). The Balaban J connectivity index is 1.49. The molecule has 0 saturated carbocycles. The van der Waals surface area contributed by atoms with Crippen molar-refractivity contribution >= 4 is 0 Å². The molecule has 1 fully saturated rings. The summed E-state index contributed by atoms with van der Waals surface area (Å²) in [5.41, 5.74) is 2.53. The first-order valence-corrected chi connectivity index (χ1v) is 8.13. The lowest BCUT2D eigenvalue weighted by molar-refractivity contribution is 0.162. The van der Waals surface area contributed by atoms with Gasteiger partial charge in [-0.1, -0.05) is 12.1 Å². The summed E-state index contributed by atoms with van der Waals surface area (Å²) in [7, 11) is 1.96. The topological polar surface area (TPSA) is 21.1 Å². The molecule has 1 unspecified atom stereocenters. The van der Waals surface area contributed by atoms with Gasteiger partial charge in [0.1, 0.15) is 5.82 Å². The molecule has 0 radical (unpaired) electrons. The Morgan fingerprint density at radius 2 is 2.05 bits per heavy atom. The number of halogens is 1. The van der Waals surface area contributed by atoms with Gasteiger partial charge in [-0.2, -0.15) is 5.10 Å². The fourth-order valence-electron chi connectivity index (χ4n) is 3.36. The molecule has 0 amide bonds. The summed E-state index contributed by atoms with van der Waals surface area (Å²) >= 11 is 0. The van der Waals surface area contributed by atoms with E-state index < -0.39 is 0 Å². The normalized spacial score (nSPS) is 19.5. The van der Waals surface area contributed by atoms with Gasteiger partial charge >= 0.3 is 0 Å². The van der Waals surface area contributed by atoms with Crippen molar-refractivity contribution in [2.45, 2.75) is 32.2 Å². The Kier molecular flexibility index (Phi) is 4.88. The third-order valence-electron chi connectivity index (χ3n) is 4.52. The summed E-state index contributed by atoms with van der Waals surface area (Å²) in [6.07, 6.45) is 8.88. The number of piperidine rings is 1. The highest BCUT2D eigenvalue weighted by molar-refractivity contribution is 5.16. The molecule has 1 saturated heterocycles. The van der Waals surface area contributed by atoms with E-state index in [4.69, 9.17) is 0 Å². The quantitative estimate of drug-likeness (QED) is 0.844. The fraction of sp³-hybridized carbons (Fsp3) is 0.500. The Bertz CT molecular complexity index is 591. The lowest BCUT2D eigenvalue weighted by Gasteiger charge is -2.32. The SMILES string of the molecule is Cn1cc(CN2CCCC(CCc3ccc(F)cc3)C2)cn1. The van der Waals surface area contributed by atoms with E-state index in [-0.39, 0.29) is 5.82 Å². The van der Waals surface area contributed by atoms with Crippen LogP contribution < -0.4 is 0 Å². The summed E-state index contributed by atoms with van der Waals surface area (Å²) in [5.74, 6) is 0.597. The van der Waals surface area contributed by atoms with Crippen LogP contribution in [0, 0.1) is 11.7 Å².